The molecular formula is C15H15ClN2O2. The van der Waals surface area contributed by atoms with Crippen molar-refractivity contribution in [2.45, 2.75) is 13.8 Å². The van der Waals surface area contributed by atoms with Crippen LogP contribution in [0.2, 0.25) is 5.02 Å². The first-order chi connectivity index (χ1) is 9.52. The molecule has 1 amide bonds. The van der Waals surface area contributed by atoms with Gasteiger partial charge in [-0.25, -0.2) is 0 Å². The summed E-state index contributed by atoms with van der Waals surface area (Å²) in [4.78, 5) is 28.3. The number of anilines is 1. The molecule has 0 unspecified atom stereocenters. The standard InChI is InChI=1S/C15H15ClN2O2/c1-3-18(12-6-4-5-10(2)7-12)15(20)13-8-11(16)9-17-14(13)19/h4-9H,3H2,1-2H3,(H,17,19). The Kier molecular flexibility index (Phi) is 4.25. The zero-order chi connectivity index (χ0) is 14.7. The second kappa shape index (κ2) is 5.92. The van der Waals surface area contributed by atoms with Gasteiger partial charge in [0.2, 0.25) is 0 Å². The summed E-state index contributed by atoms with van der Waals surface area (Å²) in [7, 11) is 0. The molecule has 1 heterocycles. The molecule has 0 aliphatic rings. The highest BCUT2D eigenvalue weighted by molar-refractivity contribution is 6.30. The van der Waals surface area contributed by atoms with Crippen LogP contribution in [0.1, 0.15) is 22.8 Å². The molecule has 2 aromatic rings. The number of carbonyl (C=O) groups is 1. The Morgan fingerprint density at radius 1 is 1.35 bits per heavy atom. The lowest BCUT2D eigenvalue weighted by Crippen LogP contribution is -2.34. The van der Waals surface area contributed by atoms with E-state index < -0.39 is 5.56 Å². The molecule has 104 valence electrons. The van der Waals surface area contributed by atoms with Gasteiger partial charge >= 0.3 is 0 Å². The van der Waals surface area contributed by atoms with Gasteiger partial charge in [0.05, 0.1) is 5.02 Å². The molecule has 1 aromatic heterocycles. The van der Waals surface area contributed by atoms with Crippen molar-refractivity contribution in [3.05, 3.63) is 63.0 Å². The van der Waals surface area contributed by atoms with E-state index in [1.54, 1.807) is 4.90 Å². The quantitative estimate of drug-likeness (QED) is 0.945. The van der Waals surface area contributed by atoms with E-state index >= 15 is 0 Å². The number of nitrogens with one attached hydrogen (secondary N) is 1. The maximum absolute atomic E-state index is 12.5. The van der Waals surface area contributed by atoms with Gasteiger partial charge in [-0.15, -0.1) is 0 Å². The Labute approximate surface area is 122 Å². The first-order valence-electron chi connectivity index (χ1n) is 6.29. The van der Waals surface area contributed by atoms with Crippen molar-refractivity contribution in [3.8, 4) is 0 Å². The molecule has 5 heteroatoms. The number of aromatic nitrogens is 1. The average molecular weight is 291 g/mol. The summed E-state index contributed by atoms with van der Waals surface area (Å²) in [5.74, 6) is -0.359. The first kappa shape index (κ1) is 14.3. The summed E-state index contributed by atoms with van der Waals surface area (Å²) in [6, 6.07) is 8.96. The highest BCUT2D eigenvalue weighted by Crippen LogP contribution is 2.18. The Hall–Kier alpha value is -2.07. The van der Waals surface area contributed by atoms with Crippen LogP contribution in [0.15, 0.2) is 41.3 Å². The van der Waals surface area contributed by atoms with Crippen LogP contribution in [-0.2, 0) is 0 Å². The van der Waals surface area contributed by atoms with Crippen LogP contribution in [0, 0.1) is 6.92 Å². The number of H-pyrrole nitrogens is 1. The smallest absolute Gasteiger partial charge is 0.263 e. The molecule has 2 rings (SSSR count). The number of carbonyl (C=O) groups excluding carboxylic acids is 1. The van der Waals surface area contributed by atoms with Crippen LogP contribution < -0.4 is 10.5 Å². The molecular weight excluding hydrogens is 276 g/mol. The van der Waals surface area contributed by atoms with E-state index in [1.165, 1.54) is 12.3 Å². The lowest BCUT2D eigenvalue weighted by Gasteiger charge is -2.21. The van der Waals surface area contributed by atoms with Crippen molar-refractivity contribution in [2.24, 2.45) is 0 Å². The summed E-state index contributed by atoms with van der Waals surface area (Å²) in [5.41, 5.74) is 1.41. The Balaban J connectivity index is 2.44. The van der Waals surface area contributed by atoms with Crippen LogP contribution in [0.25, 0.3) is 0 Å². The van der Waals surface area contributed by atoms with E-state index in [0.717, 1.165) is 11.3 Å². The van der Waals surface area contributed by atoms with E-state index in [2.05, 4.69) is 4.98 Å². The summed E-state index contributed by atoms with van der Waals surface area (Å²) >= 11 is 5.84. The monoisotopic (exact) mass is 290 g/mol. The average Bonchev–Trinajstić information content (AvgIpc) is 2.42. The van der Waals surface area contributed by atoms with Crippen molar-refractivity contribution in [2.75, 3.05) is 11.4 Å². The number of aromatic amines is 1. The molecule has 0 aliphatic carbocycles. The molecule has 0 fully saturated rings. The number of halogens is 1. The third-order valence-corrected chi connectivity index (χ3v) is 3.19. The molecule has 20 heavy (non-hydrogen) atoms. The molecule has 4 nitrogen and oxygen atoms in total. The minimum atomic E-state index is -0.439. The fourth-order valence-electron chi connectivity index (χ4n) is 2.00. The van der Waals surface area contributed by atoms with Crippen molar-refractivity contribution in [3.63, 3.8) is 0 Å². The van der Waals surface area contributed by atoms with E-state index in [9.17, 15) is 9.59 Å². The molecule has 1 aromatic carbocycles. The fourth-order valence-corrected chi connectivity index (χ4v) is 2.16. The maximum atomic E-state index is 12.5. The van der Waals surface area contributed by atoms with Crippen LogP contribution in [0.4, 0.5) is 5.69 Å². The summed E-state index contributed by atoms with van der Waals surface area (Å²) < 4.78 is 0. The van der Waals surface area contributed by atoms with E-state index in [4.69, 9.17) is 11.6 Å². The van der Waals surface area contributed by atoms with Gasteiger partial charge in [-0.1, -0.05) is 23.7 Å². The van der Waals surface area contributed by atoms with Gasteiger partial charge in [0.1, 0.15) is 5.56 Å². The fraction of sp³-hybridized carbons (Fsp3) is 0.200. The minimum absolute atomic E-state index is 0.0425. The molecule has 1 N–H and O–H groups in total. The van der Waals surface area contributed by atoms with Gasteiger partial charge in [-0.3, -0.25) is 9.59 Å². The first-order valence-corrected chi connectivity index (χ1v) is 6.67. The summed E-state index contributed by atoms with van der Waals surface area (Å²) in [6.07, 6.45) is 1.36. The predicted molar refractivity (Wildman–Crippen MR) is 80.6 cm³/mol. The second-order valence-corrected chi connectivity index (χ2v) is 4.89. The van der Waals surface area contributed by atoms with Gasteiger partial charge < -0.3 is 9.88 Å². The van der Waals surface area contributed by atoms with Crippen LogP contribution in [0.5, 0.6) is 0 Å². The number of rotatable bonds is 3. The largest absolute Gasteiger partial charge is 0.327 e. The number of pyridine rings is 1. The van der Waals surface area contributed by atoms with Crippen molar-refractivity contribution < 1.29 is 4.79 Å². The van der Waals surface area contributed by atoms with Gasteiger partial charge in [-0.05, 0) is 37.6 Å². The Bertz CT molecular complexity index is 694. The zero-order valence-corrected chi connectivity index (χ0v) is 12.1. The zero-order valence-electron chi connectivity index (χ0n) is 11.3. The molecule has 0 radical (unpaired) electrons. The highest BCUT2D eigenvalue weighted by atomic mass is 35.5. The number of hydrogen-bond donors (Lipinski definition) is 1. The number of nitrogens with zero attached hydrogens (tertiary/aromatic N) is 1. The molecule has 0 spiro atoms. The molecule has 0 aliphatic heterocycles. The number of hydrogen-bond acceptors (Lipinski definition) is 2. The lowest BCUT2D eigenvalue weighted by molar-refractivity contribution is 0.0987. The van der Waals surface area contributed by atoms with Crippen molar-refractivity contribution in [1.29, 1.82) is 0 Å². The third kappa shape index (κ3) is 2.91. The van der Waals surface area contributed by atoms with E-state index in [1.807, 2.05) is 38.1 Å². The SMILES string of the molecule is CCN(C(=O)c1cc(Cl)c[nH]c1=O)c1cccc(C)c1. The molecule has 0 atom stereocenters. The van der Waals surface area contributed by atoms with E-state index in [0.29, 0.717) is 11.6 Å². The summed E-state index contributed by atoms with van der Waals surface area (Å²) in [5, 5.41) is 0.327. The maximum Gasteiger partial charge on any atom is 0.263 e. The van der Waals surface area contributed by atoms with E-state index in [-0.39, 0.29) is 11.5 Å². The Morgan fingerprint density at radius 3 is 2.75 bits per heavy atom. The normalized spacial score (nSPS) is 10.3. The molecule has 0 saturated carbocycles. The topological polar surface area (TPSA) is 53.2 Å². The number of aryl methyl sites for hydroxylation is 1. The van der Waals surface area contributed by atoms with Gasteiger partial charge in [0, 0.05) is 18.4 Å². The third-order valence-electron chi connectivity index (χ3n) is 2.97. The highest BCUT2D eigenvalue weighted by Gasteiger charge is 2.19. The lowest BCUT2D eigenvalue weighted by atomic mass is 10.1. The van der Waals surface area contributed by atoms with Crippen molar-refractivity contribution in [1.82, 2.24) is 4.98 Å². The summed E-state index contributed by atoms with van der Waals surface area (Å²) in [6.45, 7) is 4.28. The Morgan fingerprint density at radius 2 is 2.10 bits per heavy atom. The van der Waals surface area contributed by atoms with Crippen LogP contribution in [0.3, 0.4) is 0 Å². The number of benzene rings is 1. The predicted octanol–water partition coefficient (Wildman–Crippen LogP) is 3.00. The van der Waals surface area contributed by atoms with Gasteiger partial charge in [0.15, 0.2) is 0 Å². The van der Waals surface area contributed by atoms with Crippen LogP contribution >= 0.6 is 11.6 Å². The van der Waals surface area contributed by atoms with Crippen LogP contribution in [-0.4, -0.2) is 17.4 Å². The minimum Gasteiger partial charge on any atom is -0.327 e. The molecule has 0 saturated heterocycles. The number of amides is 1. The van der Waals surface area contributed by atoms with Gasteiger partial charge in [0.25, 0.3) is 11.5 Å². The second-order valence-electron chi connectivity index (χ2n) is 4.45. The van der Waals surface area contributed by atoms with Gasteiger partial charge in [-0.2, -0.15) is 0 Å². The van der Waals surface area contributed by atoms with Crippen molar-refractivity contribution >= 4 is 23.2 Å². The molecule has 0 bridgehead atoms.